The van der Waals surface area contributed by atoms with Gasteiger partial charge in [0.25, 0.3) is 0 Å². The second kappa shape index (κ2) is 5.95. The van der Waals surface area contributed by atoms with Crippen LogP contribution in [-0.4, -0.2) is 15.6 Å². The summed E-state index contributed by atoms with van der Waals surface area (Å²) in [4.78, 5) is 13.1. The number of hydrogen-bond acceptors (Lipinski definition) is 3. The molecular formula is C12H10Br2N2OS. The zero-order valence-corrected chi connectivity index (χ0v) is 13.5. The summed E-state index contributed by atoms with van der Waals surface area (Å²) in [7, 11) is 0. The second-order valence-electron chi connectivity index (χ2n) is 3.52. The molecule has 0 radical (unpaired) electrons. The van der Waals surface area contributed by atoms with Gasteiger partial charge in [0.05, 0.1) is 10.7 Å². The van der Waals surface area contributed by atoms with Crippen molar-refractivity contribution in [2.45, 2.75) is 13.5 Å². The summed E-state index contributed by atoms with van der Waals surface area (Å²) >= 11 is 8.31. The highest BCUT2D eigenvalue weighted by Gasteiger charge is 2.13. The van der Waals surface area contributed by atoms with Gasteiger partial charge in [-0.1, -0.05) is 0 Å². The van der Waals surface area contributed by atoms with Crippen molar-refractivity contribution in [3.8, 4) is 0 Å². The summed E-state index contributed by atoms with van der Waals surface area (Å²) in [6.07, 6.45) is 5.04. The van der Waals surface area contributed by atoms with E-state index >= 15 is 0 Å². The molecule has 2 aromatic rings. The molecule has 0 fully saturated rings. The average Bonchev–Trinajstić information content (AvgIpc) is 2.92. The minimum Gasteiger partial charge on any atom is -0.288 e. The fourth-order valence-electron chi connectivity index (χ4n) is 1.50. The summed E-state index contributed by atoms with van der Waals surface area (Å²) in [6, 6.07) is 1.97. The van der Waals surface area contributed by atoms with Gasteiger partial charge in [0.1, 0.15) is 5.69 Å². The first-order chi connectivity index (χ1) is 8.61. The second-order valence-corrected chi connectivity index (χ2v) is 6.23. The predicted octanol–water partition coefficient (Wildman–Crippen LogP) is 4.39. The van der Waals surface area contributed by atoms with Crippen molar-refractivity contribution < 1.29 is 4.79 Å². The number of hydrogen-bond donors (Lipinski definition) is 0. The van der Waals surface area contributed by atoms with Crippen LogP contribution < -0.4 is 0 Å². The van der Waals surface area contributed by atoms with E-state index in [1.165, 1.54) is 0 Å². The molecule has 0 aliphatic heterocycles. The molecule has 2 aromatic heterocycles. The number of halogens is 2. The number of aromatic nitrogens is 2. The maximum absolute atomic E-state index is 12.1. The fraction of sp³-hybridized carbons (Fsp3) is 0.167. The first-order valence-electron chi connectivity index (χ1n) is 5.29. The number of carbonyl (C=O) groups excluding carboxylic acids is 1. The Morgan fingerprint density at radius 3 is 2.94 bits per heavy atom. The average molecular weight is 390 g/mol. The van der Waals surface area contributed by atoms with Crippen molar-refractivity contribution >= 4 is 55.1 Å². The highest BCUT2D eigenvalue weighted by Crippen LogP contribution is 2.22. The fourth-order valence-corrected chi connectivity index (χ4v) is 3.33. The van der Waals surface area contributed by atoms with Crippen molar-refractivity contribution in [3.63, 3.8) is 0 Å². The molecule has 94 valence electrons. The van der Waals surface area contributed by atoms with E-state index in [1.54, 1.807) is 28.3 Å². The molecule has 0 aliphatic rings. The maximum atomic E-state index is 12.1. The smallest absolute Gasteiger partial charge is 0.205 e. The summed E-state index contributed by atoms with van der Waals surface area (Å²) in [6.45, 7) is 2.63. The van der Waals surface area contributed by atoms with Crippen LogP contribution in [0.25, 0.3) is 6.08 Å². The summed E-state index contributed by atoms with van der Waals surface area (Å²) < 4.78 is 3.44. The molecule has 6 heteroatoms. The standard InChI is InChI=1S/C12H10Br2N2OS/c1-2-16-12(10(14)6-15-16)11(17)4-3-9-5-8(13)7-18-9/h3-7H,2H2,1H3/b4-3+. The number of aryl methyl sites for hydroxylation is 1. The van der Waals surface area contributed by atoms with Gasteiger partial charge in [0, 0.05) is 21.3 Å². The van der Waals surface area contributed by atoms with E-state index in [4.69, 9.17) is 0 Å². The molecule has 0 atom stereocenters. The molecule has 0 saturated carbocycles. The normalized spacial score (nSPS) is 11.3. The highest BCUT2D eigenvalue weighted by molar-refractivity contribution is 9.10. The third-order valence-corrected chi connectivity index (χ3v) is 4.55. The highest BCUT2D eigenvalue weighted by atomic mass is 79.9. The van der Waals surface area contributed by atoms with Crippen LogP contribution in [0.15, 0.2) is 32.7 Å². The minimum absolute atomic E-state index is 0.0502. The molecule has 18 heavy (non-hydrogen) atoms. The van der Waals surface area contributed by atoms with Crippen molar-refractivity contribution in [1.82, 2.24) is 9.78 Å². The van der Waals surface area contributed by atoms with E-state index < -0.39 is 0 Å². The lowest BCUT2D eigenvalue weighted by Gasteiger charge is -2.00. The number of ketones is 1. The lowest BCUT2D eigenvalue weighted by molar-refractivity contribution is 0.103. The van der Waals surface area contributed by atoms with Gasteiger partial charge in [-0.15, -0.1) is 11.3 Å². The summed E-state index contributed by atoms with van der Waals surface area (Å²) in [5.74, 6) is -0.0502. The Morgan fingerprint density at radius 2 is 2.33 bits per heavy atom. The summed E-state index contributed by atoms with van der Waals surface area (Å²) in [5.41, 5.74) is 0.587. The molecule has 2 heterocycles. The largest absolute Gasteiger partial charge is 0.288 e. The van der Waals surface area contributed by atoms with E-state index in [1.807, 2.05) is 24.4 Å². The van der Waals surface area contributed by atoms with Crippen LogP contribution in [0.5, 0.6) is 0 Å². The summed E-state index contributed by atoms with van der Waals surface area (Å²) in [5, 5.41) is 6.11. The van der Waals surface area contributed by atoms with Crippen LogP contribution in [0.4, 0.5) is 0 Å². The number of allylic oxidation sites excluding steroid dienone is 1. The third-order valence-electron chi connectivity index (χ3n) is 2.31. The van der Waals surface area contributed by atoms with Crippen LogP contribution in [0.2, 0.25) is 0 Å². The van der Waals surface area contributed by atoms with Gasteiger partial charge < -0.3 is 0 Å². The molecule has 0 bridgehead atoms. The number of nitrogens with zero attached hydrogens (tertiary/aromatic N) is 2. The number of thiophene rings is 1. The van der Waals surface area contributed by atoms with Crippen LogP contribution in [0.3, 0.4) is 0 Å². The molecule has 0 aromatic carbocycles. The van der Waals surface area contributed by atoms with Crippen LogP contribution in [-0.2, 0) is 6.54 Å². The molecule has 3 nitrogen and oxygen atoms in total. The van der Waals surface area contributed by atoms with Crippen molar-refractivity contribution in [1.29, 1.82) is 0 Å². The first kappa shape index (κ1) is 13.7. The Hall–Kier alpha value is -0.720. The maximum Gasteiger partial charge on any atom is 0.205 e. The molecule has 0 aliphatic carbocycles. The lowest BCUT2D eigenvalue weighted by atomic mass is 10.2. The lowest BCUT2D eigenvalue weighted by Crippen LogP contribution is -2.07. The Morgan fingerprint density at radius 1 is 1.56 bits per heavy atom. The number of rotatable bonds is 4. The van der Waals surface area contributed by atoms with Gasteiger partial charge in [-0.25, -0.2) is 0 Å². The van der Waals surface area contributed by atoms with Crippen LogP contribution >= 0.6 is 43.2 Å². The van der Waals surface area contributed by atoms with E-state index in [0.717, 1.165) is 13.8 Å². The zero-order valence-electron chi connectivity index (χ0n) is 9.56. The van der Waals surface area contributed by atoms with E-state index in [9.17, 15) is 4.79 Å². The number of carbonyl (C=O) groups is 1. The van der Waals surface area contributed by atoms with Crippen LogP contribution in [0, 0.1) is 0 Å². The van der Waals surface area contributed by atoms with Crippen molar-refractivity contribution in [3.05, 3.63) is 43.2 Å². The molecule has 0 unspecified atom stereocenters. The monoisotopic (exact) mass is 388 g/mol. The van der Waals surface area contributed by atoms with E-state index in [2.05, 4.69) is 37.0 Å². The Labute approximate surface area is 126 Å². The predicted molar refractivity (Wildman–Crippen MR) is 81.0 cm³/mol. The van der Waals surface area contributed by atoms with Gasteiger partial charge in [0.2, 0.25) is 5.78 Å². The van der Waals surface area contributed by atoms with Crippen molar-refractivity contribution in [2.75, 3.05) is 0 Å². The topological polar surface area (TPSA) is 34.9 Å². The van der Waals surface area contributed by atoms with Crippen molar-refractivity contribution in [2.24, 2.45) is 0 Å². The van der Waals surface area contributed by atoms with Gasteiger partial charge in [-0.3, -0.25) is 9.48 Å². The Bertz CT molecular complexity index is 601. The van der Waals surface area contributed by atoms with Gasteiger partial charge >= 0.3 is 0 Å². The third kappa shape index (κ3) is 2.99. The molecule has 0 saturated heterocycles. The van der Waals surface area contributed by atoms with E-state index in [0.29, 0.717) is 12.2 Å². The zero-order chi connectivity index (χ0) is 13.1. The van der Waals surface area contributed by atoms with Gasteiger partial charge in [-0.2, -0.15) is 5.10 Å². The Balaban J connectivity index is 2.21. The molecule has 0 N–H and O–H groups in total. The molecule has 0 spiro atoms. The van der Waals surface area contributed by atoms with Gasteiger partial charge in [0.15, 0.2) is 0 Å². The van der Waals surface area contributed by atoms with Gasteiger partial charge in [-0.05, 0) is 57.0 Å². The SMILES string of the molecule is CCn1ncc(Br)c1C(=O)/C=C/c1cc(Br)cs1. The first-order valence-corrected chi connectivity index (χ1v) is 7.76. The molecular weight excluding hydrogens is 380 g/mol. The van der Waals surface area contributed by atoms with E-state index in [-0.39, 0.29) is 5.78 Å². The molecule has 0 amide bonds. The molecule has 2 rings (SSSR count). The Kier molecular flexibility index (Phi) is 4.53. The quantitative estimate of drug-likeness (QED) is 0.574. The van der Waals surface area contributed by atoms with Crippen LogP contribution in [0.1, 0.15) is 22.3 Å². The minimum atomic E-state index is -0.0502.